The quantitative estimate of drug-likeness (QED) is 0.793. The molecule has 0 bridgehead atoms. The molecule has 2 aliphatic heterocycles. The lowest BCUT2D eigenvalue weighted by Crippen LogP contribution is -2.46. The normalized spacial score (nSPS) is 19.7. The van der Waals surface area contributed by atoms with Gasteiger partial charge in [-0.2, -0.15) is 0 Å². The molecule has 0 aromatic heterocycles. The van der Waals surface area contributed by atoms with Crippen molar-refractivity contribution in [2.24, 2.45) is 0 Å². The Hall–Kier alpha value is -2.37. The number of hydrogen-bond acceptors (Lipinski definition) is 3. The van der Waals surface area contributed by atoms with Crippen LogP contribution in [-0.2, 0) is 9.59 Å². The molecule has 1 aromatic carbocycles. The van der Waals surface area contributed by atoms with Crippen molar-refractivity contribution in [3.8, 4) is 0 Å². The van der Waals surface area contributed by atoms with Gasteiger partial charge in [0, 0.05) is 50.6 Å². The molecule has 21 heavy (non-hydrogen) atoms. The number of piperazine rings is 1. The summed E-state index contributed by atoms with van der Waals surface area (Å²) in [5, 5.41) is 2.73. The monoisotopic (exact) mass is 289 g/mol. The van der Waals surface area contributed by atoms with E-state index in [0.29, 0.717) is 43.0 Å². The summed E-state index contributed by atoms with van der Waals surface area (Å²) in [6.45, 7) is 4.16. The summed E-state index contributed by atoms with van der Waals surface area (Å²) in [6, 6.07) is 4.26. The van der Waals surface area contributed by atoms with Crippen LogP contribution in [0.4, 0.5) is 10.1 Å². The van der Waals surface area contributed by atoms with Crippen molar-refractivity contribution in [1.29, 1.82) is 0 Å². The minimum Gasteiger partial charge on any atom is -0.373 e. The fourth-order valence-electron chi connectivity index (χ4n) is 2.64. The zero-order valence-corrected chi connectivity index (χ0v) is 11.7. The average Bonchev–Trinajstić information content (AvgIpc) is 2.76. The van der Waals surface area contributed by atoms with E-state index >= 15 is 0 Å². The molecule has 6 heteroatoms. The Morgan fingerprint density at radius 1 is 1.29 bits per heavy atom. The first-order chi connectivity index (χ1) is 10.0. The average molecular weight is 289 g/mol. The first-order valence-corrected chi connectivity index (χ1v) is 6.87. The van der Waals surface area contributed by atoms with Gasteiger partial charge in [-0.25, -0.2) is 4.39 Å². The smallest absolute Gasteiger partial charge is 0.257 e. The molecule has 3 rings (SSSR count). The number of fused-ring (bicyclic) bond motifs is 1. The van der Waals surface area contributed by atoms with E-state index in [9.17, 15) is 14.0 Å². The molecule has 5 nitrogen and oxygen atoms in total. The van der Waals surface area contributed by atoms with Crippen molar-refractivity contribution < 1.29 is 14.0 Å². The SMILES string of the molecule is CC(=O)N1CCN(/C=C2/C(=O)Nc3ccc(F)cc32)CC1. The number of rotatable bonds is 1. The van der Waals surface area contributed by atoms with E-state index < -0.39 is 0 Å². The number of hydrogen-bond donors (Lipinski definition) is 1. The highest BCUT2D eigenvalue weighted by Gasteiger charge is 2.26. The molecule has 0 radical (unpaired) electrons. The minimum absolute atomic E-state index is 0.0633. The lowest BCUT2D eigenvalue weighted by molar-refractivity contribution is -0.130. The van der Waals surface area contributed by atoms with Crippen LogP contribution in [0.3, 0.4) is 0 Å². The van der Waals surface area contributed by atoms with Crippen molar-refractivity contribution in [1.82, 2.24) is 9.80 Å². The van der Waals surface area contributed by atoms with E-state index in [2.05, 4.69) is 5.32 Å². The maximum absolute atomic E-state index is 13.4. The number of nitrogens with one attached hydrogen (secondary N) is 1. The number of carbonyl (C=O) groups is 2. The molecule has 110 valence electrons. The van der Waals surface area contributed by atoms with Crippen LogP contribution in [0.15, 0.2) is 24.4 Å². The number of carbonyl (C=O) groups excluding carboxylic acids is 2. The summed E-state index contributed by atoms with van der Waals surface area (Å²) in [5.41, 5.74) is 1.70. The van der Waals surface area contributed by atoms with Crippen molar-refractivity contribution in [3.63, 3.8) is 0 Å². The third kappa shape index (κ3) is 2.61. The minimum atomic E-state index is -0.363. The molecular formula is C15H16FN3O2. The third-order valence-corrected chi connectivity index (χ3v) is 3.84. The second-order valence-corrected chi connectivity index (χ2v) is 5.23. The van der Waals surface area contributed by atoms with Crippen LogP contribution in [0.25, 0.3) is 5.57 Å². The third-order valence-electron chi connectivity index (χ3n) is 3.84. The molecule has 0 saturated carbocycles. The highest BCUT2D eigenvalue weighted by molar-refractivity contribution is 6.31. The molecule has 2 amide bonds. The summed E-state index contributed by atoms with van der Waals surface area (Å²) >= 11 is 0. The summed E-state index contributed by atoms with van der Waals surface area (Å²) in [6.07, 6.45) is 1.76. The predicted molar refractivity (Wildman–Crippen MR) is 76.8 cm³/mol. The van der Waals surface area contributed by atoms with E-state index in [4.69, 9.17) is 0 Å². The molecule has 0 unspecified atom stereocenters. The Balaban J connectivity index is 1.80. The summed E-state index contributed by atoms with van der Waals surface area (Å²) in [5.74, 6) is -0.518. The van der Waals surface area contributed by atoms with Gasteiger partial charge in [0.05, 0.1) is 5.57 Å². The van der Waals surface area contributed by atoms with Crippen LogP contribution in [0.2, 0.25) is 0 Å². The molecule has 0 aliphatic carbocycles. The van der Waals surface area contributed by atoms with Gasteiger partial charge < -0.3 is 15.1 Å². The Morgan fingerprint density at radius 2 is 2.00 bits per heavy atom. The van der Waals surface area contributed by atoms with Gasteiger partial charge in [-0.05, 0) is 18.2 Å². The maximum Gasteiger partial charge on any atom is 0.257 e. The summed E-state index contributed by atoms with van der Waals surface area (Å²) in [4.78, 5) is 27.1. The zero-order chi connectivity index (χ0) is 15.0. The van der Waals surface area contributed by atoms with Crippen molar-refractivity contribution in [3.05, 3.63) is 35.8 Å². The second kappa shape index (κ2) is 5.20. The van der Waals surface area contributed by atoms with Gasteiger partial charge in [0.25, 0.3) is 5.91 Å². The summed E-state index contributed by atoms with van der Waals surface area (Å²) < 4.78 is 13.4. The van der Waals surface area contributed by atoms with Crippen LogP contribution in [-0.4, -0.2) is 47.8 Å². The lowest BCUT2D eigenvalue weighted by atomic mass is 10.1. The molecule has 1 aromatic rings. The maximum atomic E-state index is 13.4. The van der Waals surface area contributed by atoms with E-state index in [0.717, 1.165) is 0 Å². The first-order valence-electron chi connectivity index (χ1n) is 6.87. The Kier molecular flexibility index (Phi) is 3.37. The molecule has 1 N–H and O–H groups in total. The molecular weight excluding hydrogens is 273 g/mol. The van der Waals surface area contributed by atoms with E-state index in [1.54, 1.807) is 24.1 Å². The van der Waals surface area contributed by atoms with Gasteiger partial charge in [-0.15, -0.1) is 0 Å². The van der Waals surface area contributed by atoms with E-state index in [-0.39, 0.29) is 17.6 Å². The van der Waals surface area contributed by atoms with Crippen LogP contribution in [0.5, 0.6) is 0 Å². The van der Waals surface area contributed by atoms with Gasteiger partial charge in [-0.3, -0.25) is 9.59 Å². The molecule has 1 saturated heterocycles. The topological polar surface area (TPSA) is 52.7 Å². The van der Waals surface area contributed by atoms with Gasteiger partial charge in [0.1, 0.15) is 5.82 Å². The molecule has 2 aliphatic rings. The van der Waals surface area contributed by atoms with Gasteiger partial charge in [-0.1, -0.05) is 0 Å². The Morgan fingerprint density at radius 3 is 2.67 bits per heavy atom. The largest absolute Gasteiger partial charge is 0.373 e. The van der Waals surface area contributed by atoms with Crippen molar-refractivity contribution in [2.75, 3.05) is 31.5 Å². The van der Waals surface area contributed by atoms with Crippen LogP contribution in [0.1, 0.15) is 12.5 Å². The van der Waals surface area contributed by atoms with Gasteiger partial charge >= 0.3 is 0 Å². The van der Waals surface area contributed by atoms with Gasteiger partial charge in [0.2, 0.25) is 5.91 Å². The predicted octanol–water partition coefficient (Wildman–Crippen LogP) is 1.28. The van der Waals surface area contributed by atoms with Crippen LogP contribution >= 0.6 is 0 Å². The fraction of sp³-hybridized carbons (Fsp3) is 0.333. The lowest BCUT2D eigenvalue weighted by Gasteiger charge is -2.33. The van der Waals surface area contributed by atoms with Crippen molar-refractivity contribution in [2.45, 2.75) is 6.92 Å². The number of anilines is 1. The summed E-state index contributed by atoms with van der Waals surface area (Å²) in [7, 11) is 0. The fourth-order valence-corrected chi connectivity index (χ4v) is 2.64. The van der Waals surface area contributed by atoms with Crippen molar-refractivity contribution >= 4 is 23.1 Å². The Labute approximate surface area is 122 Å². The number of nitrogens with zero attached hydrogens (tertiary/aromatic N) is 2. The Bertz CT molecular complexity index is 634. The highest BCUT2D eigenvalue weighted by atomic mass is 19.1. The molecule has 0 spiro atoms. The zero-order valence-electron chi connectivity index (χ0n) is 11.7. The standard InChI is InChI=1S/C15H16FN3O2/c1-10(20)19-6-4-18(5-7-19)9-13-12-8-11(16)2-3-14(12)17-15(13)21/h2-3,8-9H,4-7H2,1H3,(H,17,21)/b13-9+. The van der Waals surface area contributed by atoms with Crippen LogP contribution in [0, 0.1) is 5.82 Å². The molecule has 0 atom stereocenters. The van der Waals surface area contributed by atoms with Crippen LogP contribution < -0.4 is 5.32 Å². The number of amides is 2. The van der Waals surface area contributed by atoms with Gasteiger partial charge in [0.15, 0.2) is 0 Å². The second-order valence-electron chi connectivity index (χ2n) is 5.23. The van der Waals surface area contributed by atoms with E-state index in [1.807, 2.05) is 4.90 Å². The molecule has 1 fully saturated rings. The first kappa shape index (κ1) is 13.6. The number of halogens is 1. The van der Waals surface area contributed by atoms with E-state index in [1.165, 1.54) is 12.1 Å². The molecule has 2 heterocycles. The highest BCUT2D eigenvalue weighted by Crippen LogP contribution is 2.32. The number of benzene rings is 1.